The molecule has 1 aliphatic carbocycles. The van der Waals surface area contributed by atoms with Crippen molar-refractivity contribution in [3.05, 3.63) is 23.8 Å². The Kier molecular flexibility index (Phi) is 5.03. The maximum absolute atomic E-state index is 12.1. The molecule has 6 nitrogen and oxygen atoms in total. The third-order valence-electron chi connectivity index (χ3n) is 3.23. The Morgan fingerprint density at radius 2 is 2.14 bits per heavy atom. The van der Waals surface area contributed by atoms with Crippen LogP contribution < -0.4 is 14.8 Å². The normalized spacial score (nSPS) is 13.6. The fourth-order valence-corrected chi connectivity index (χ4v) is 1.81. The number of rotatable bonds is 8. The molecule has 0 saturated heterocycles. The average Bonchev–Trinajstić information content (AvgIpc) is 3.28. The van der Waals surface area contributed by atoms with Gasteiger partial charge in [0.05, 0.1) is 25.7 Å². The van der Waals surface area contributed by atoms with Crippen molar-refractivity contribution >= 4 is 11.9 Å². The minimum atomic E-state index is -0.949. The molecule has 1 amide bonds. The third-order valence-corrected chi connectivity index (χ3v) is 3.23. The Morgan fingerprint density at radius 3 is 2.76 bits per heavy atom. The number of carboxylic acids is 1. The summed E-state index contributed by atoms with van der Waals surface area (Å²) in [5.41, 5.74) is 0.391. The largest absolute Gasteiger partial charge is 0.497 e. The number of nitrogens with one attached hydrogen (secondary N) is 1. The van der Waals surface area contributed by atoms with Gasteiger partial charge in [-0.05, 0) is 30.9 Å². The van der Waals surface area contributed by atoms with Crippen molar-refractivity contribution in [1.82, 2.24) is 5.32 Å². The van der Waals surface area contributed by atoms with Crippen molar-refractivity contribution in [1.29, 1.82) is 0 Å². The summed E-state index contributed by atoms with van der Waals surface area (Å²) in [7, 11) is 1.55. The number of hydrogen-bond donors (Lipinski definition) is 2. The van der Waals surface area contributed by atoms with Crippen molar-refractivity contribution in [2.24, 2.45) is 5.92 Å². The molecule has 0 unspecified atom stereocenters. The number of carboxylic acid groups (broad SMARTS) is 1. The minimum Gasteiger partial charge on any atom is -0.497 e. The van der Waals surface area contributed by atoms with Gasteiger partial charge >= 0.3 is 5.97 Å². The molecule has 0 bridgehead atoms. The standard InChI is InChI=1S/C15H19NO5/c1-20-11-4-5-12(15(19)16-7-6-14(17)18)13(8-11)21-9-10-2-3-10/h4-5,8,10H,2-3,6-7,9H2,1H3,(H,16,19)(H,17,18). The van der Waals surface area contributed by atoms with Gasteiger partial charge in [0.25, 0.3) is 5.91 Å². The molecule has 6 heteroatoms. The van der Waals surface area contributed by atoms with Gasteiger partial charge in [-0.25, -0.2) is 0 Å². The quantitative estimate of drug-likeness (QED) is 0.762. The van der Waals surface area contributed by atoms with Gasteiger partial charge in [0.1, 0.15) is 11.5 Å². The minimum absolute atomic E-state index is 0.0856. The van der Waals surface area contributed by atoms with Crippen LogP contribution in [0.1, 0.15) is 29.6 Å². The molecule has 1 aliphatic rings. The number of hydrogen-bond acceptors (Lipinski definition) is 4. The van der Waals surface area contributed by atoms with E-state index in [4.69, 9.17) is 14.6 Å². The maximum Gasteiger partial charge on any atom is 0.305 e. The van der Waals surface area contributed by atoms with Gasteiger partial charge in [-0.15, -0.1) is 0 Å². The van der Waals surface area contributed by atoms with Crippen LogP contribution in [0.3, 0.4) is 0 Å². The number of carbonyl (C=O) groups is 2. The molecule has 1 aromatic carbocycles. The first-order valence-corrected chi connectivity index (χ1v) is 6.91. The number of aliphatic carboxylic acids is 1. The van der Waals surface area contributed by atoms with Crippen molar-refractivity contribution in [2.75, 3.05) is 20.3 Å². The summed E-state index contributed by atoms with van der Waals surface area (Å²) in [6.07, 6.45) is 2.20. The zero-order valence-electron chi connectivity index (χ0n) is 11.9. The lowest BCUT2D eigenvalue weighted by molar-refractivity contribution is -0.136. The smallest absolute Gasteiger partial charge is 0.305 e. The van der Waals surface area contributed by atoms with Gasteiger partial charge in [0.15, 0.2) is 0 Å². The van der Waals surface area contributed by atoms with Crippen LogP contribution in [-0.4, -0.2) is 37.2 Å². The Balaban J connectivity index is 2.04. The van der Waals surface area contributed by atoms with Crippen LogP contribution in [0.5, 0.6) is 11.5 Å². The lowest BCUT2D eigenvalue weighted by atomic mass is 10.1. The second kappa shape index (κ2) is 6.97. The van der Waals surface area contributed by atoms with Crippen molar-refractivity contribution in [2.45, 2.75) is 19.3 Å². The van der Waals surface area contributed by atoms with Crippen molar-refractivity contribution in [3.63, 3.8) is 0 Å². The first-order valence-electron chi connectivity index (χ1n) is 6.91. The van der Waals surface area contributed by atoms with Crippen LogP contribution in [0.2, 0.25) is 0 Å². The first-order chi connectivity index (χ1) is 10.1. The van der Waals surface area contributed by atoms with E-state index in [0.717, 1.165) is 12.8 Å². The molecule has 21 heavy (non-hydrogen) atoms. The van der Waals surface area contributed by atoms with Gasteiger partial charge in [0, 0.05) is 12.6 Å². The fraction of sp³-hybridized carbons (Fsp3) is 0.467. The molecule has 0 spiro atoms. The lowest BCUT2D eigenvalue weighted by Gasteiger charge is -2.12. The summed E-state index contributed by atoms with van der Waals surface area (Å²) in [6, 6.07) is 4.97. The van der Waals surface area contributed by atoms with Crippen LogP contribution in [0.15, 0.2) is 18.2 Å². The summed E-state index contributed by atoms with van der Waals surface area (Å²) in [6.45, 7) is 0.671. The molecule has 0 aliphatic heterocycles. The van der Waals surface area contributed by atoms with Crippen LogP contribution in [-0.2, 0) is 4.79 Å². The van der Waals surface area contributed by atoms with E-state index in [-0.39, 0.29) is 18.9 Å². The predicted molar refractivity (Wildman–Crippen MR) is 75.8 cm³/mol. The molecule has 2 rings (SSSR count). The van der Waals surface area contributed by atoms with E-state index < -0.39 is 5.97 Å². The van der Waals surface area contributed by atoms with Crippen LogP contribution in [0, 0.1) is 5.92 Å². The van der Waals surface area contributed by atoms with Gasteiger partial charge < -0.3 is 19.9 Å². The average molecular weight is 293 g/mol. The highest BCUT2D eigenvalue weighted by atomic mass is 16.5. The van der Waals surface area contributed by atoms with Gasteiger partial charge in [0.2, 0.25) is 0 Å². The molecule has 0 aromatic heterocycles. The van der Waals surface area contributed by atoms with Crippen molar-refractivity contribution < 1.29 is 24.2 Å². The van der Waals surface area contributed by atoms with E-state index in [1.165, 1.54) is 0 Å². The van der Waals surface area contributed by atoms with E-state index in [1.54, 1.807) is 25.3 Å². The highest BCUT2D eigenvalue weighted by Gasteiger charge is 2.23. The predicted octanol–water partition coefficient (Wildman–Crippen LogP) is 1.69. The SMILES string of the molecule is COc1ccc(C(=O)NCCC(=O)O)c(OCC2CC2)c1. The van der Waals surface area contributed by atoms with E-state index in [2.05, 4.69) is 5.32 Å². The lowest BCUT2D eigenvalue weighted by Crippen LogP contribution is -2.26. The molecule has 0 atom stereocenters. The molecular formula is C15H19NO5. The summed E-state index contributed by atoms with van der Waals surface area (Å²) in [5.74, 6) is 0.357. The van der Waals surface area contributed by atoms with Crippen molar-refractivity contribution in [3.8, 4) is 11.5 Å². The van der Waals surface area contributed by atoms with Gasteiger partial charge in [-0.2, -0.15) is 0 Å². The highest BCUT2D eigenvalue weighted by molar-refractivity contribution is 5.97. The van der Waals surface area contributed by atoms with E-state index >= 15 is 0 Å². The van der Waals surface area contributed by atoms with Crippen LogP contribution >= 0.6 is 0 Å². The topological polar surface area (TPSA) is 84.9 Å². The van der Waals surface area contributed by atoms with Crippen LogP contribution in [0.25, 0.3) is 0 Å². The molecule has 1 saturated carbocycles. The molecule has 0 radical (unpaired) electrons. The monoisotopic (exact) mass is 293 g/mol. The Morgan fingerprint density at radius 1 is 1.38 bits per heavy atom. The second-order valence-electron chi connectivity index (χ2n) is 5.02. The Hall–Kier alpha value is -2.24. The summed E-state index contributed by atoms with van der Waals surface area (Å²) < 4.78 is 10.8. The zero-order chi connectivity index (χ0) is 15.2. The second-order valence-corrected chi connectivity index (χ2v) is 5.02. The van der Waals surface area contributed by atoms with E-state index in [0.29, 0.717) is 29.6 Å². The number of benzene rings is 1. The summed E-state index contributed by atoms with van der Waals surface area (Å²) >= 11 is 0. The molecule has 1 fully saturated rings. The zero-order valence-corrected chi connectivity index (χ0v) is 11.9. The maximum atomic E-state index is 12.1. The fourth-order valence-electron chi connectivity index (χ4n) is 1.81. The van der Waals surface area contributed by atoms with E-state index in [1.807, 2.05) is 0 Å². The highest BCUT2D eigenvalue weighted by Crippen LogP contribution is 2.31. The number of methoxy groups -OCH3 is 1. The third kappa shape index (κ3) is 4.66. The Labute approximate surface area is 123 Å². The number of ether oxygens (including phenoxy) is 2. The van der Waals surface area contributed by atoms with Crippen LogP contribution in [0.4, 0.5) is 0 Å². The molecule has 1 aromatic rings. The first kappa shape index (κ1) is 15.2. The molecule has 114 valence electrons. The summed E-state index contributed by atoms with van der Waals surface area (Å²) in [5, 5.41) is 11.2. The molecule has 2 N–H and O–H groups in total. The molecule has 0 heterocycles. The number of carbonyl (C=O) groups excluding carboxylic acids is 1. The van der Waals surface area contributed by atoms with Gasteiger partial charge in [-0.3, -0.25) is 9.59 Å². The Bertz CT molecular complexity index is 525. The number of amides is 1. The summed E-state index contributed by atoms with van der Waals surface area (Å²) in [4.78, 5) is 22.5. The molecular weight excluding hydrogens is 274 g/mol. The van der Waals surface area contributed by atoms with Gasteiger partial charge in [-0.1, -0.05) is 0 Å². The van der Waals surface area contributed by atoms with E-state index in [9.17, 15) is 9.59 Å².